The third kappa shape index (κ3) is 3.88. The van der Waals surface area contributed by atoms with Crippen molar-refractivity contribution in [2.75, 3.05) is 36.4 Å². The number of hydrogen-bond donors (Lipinski definition) is 1. The number of nitrogens with zero attached hydrogens (tertiary/aromatic N) is 4. The largest absolute Gasteiger partial charge is 0.353 e. The quantitative estimate of drug-likeness (QED) is 0.843. The van der Waals surface area contributed by atoms with Crippen LogP contribution in [-0.4, -0.2) is 47.5 Å². The molecule has 2 heterocycles. The predicted octanol–water partition coefficient (Wildman–Crippen LogP) is 3.11. The molecule has 1 fully saturated rings. The molecule has 0 radical (unpaired) electrons. The molecule has 0 aliphatic carbocycles. The topological polar surface area (TPSA) is 61.4 Å². The first kappa shape index (κ1) is 16.8. The summed E-state index contributed by atoms with van der Waals surface area (Å²) in [5, 5.41) is 4.25. The molecule has 0 unspecified atom stereocenters. The fraction of sp³-hybridized carbons (Fsp3) is 0.312. The highest BCUT2D eigenvalue weighted by Gasteiger charge is 2.18. The van der Waals surface area contributed by atoms with E-state index in [1.54, 1.807) is 23.1 Å². The second kappa shape index (κ2) is 7.23. The summed E-state index contributed by atoms with van der Waals surface area (Å²) in [6.45, 7) is 4.78. The van der Waals surface area contributed by atoms with Crippen LogP contribution >= 0.6 is 23.2 Å². The van der Waals surface area contributed by atoms with Crippen molar-refractivity contribution >= 4 is 47.1 Å². The molecule has 1 aromatic carbocycles. The summed E-state index contributed by atoms with van der Waals surface area (Å²) in [6.07, 6.45) is 0.886. The van der Waals surface area contributed by atoms with Gasteiger partial charge in [-0.1, -0.05) is 23.2 Å². The second-order valence-corrected chi connectivity index (χ2v) is 6.41. The summed E-state index contributed by atoms with van der Waals surface area (Å²) < 4.78 is 0. The fourth-order valence-electron chi connectivity index (χ4n) is 2.54. The van der Waals surface area contributed by atoms with E-state index in [0.29, 0.717) is 34.8 Å². The third-order valence-electron chi connectivity index (χ3n) is 3.80. The number of amides is 1. The lowest BCUT2D eigenvalue weighted by Crippen LogP contribution is -2.46. The number of anilines is 3. The van der Waals surface area contributed by atoms with Crippen LogP contribution in [0.3, 0.4) is 0 Å². The van der Waals surface area contributed by atoms with Crippen molar-refractivity contribution in [1.29, 1.82) is 0 Å². The summed E-state index contributed by atoms with van der Waals surface area (Å²) in [5.41, 5.74) is 1.50. The normalized spacial score (nSPS) is 14.6. The van der Waals surface area contributed by atoms with E-state index in [4.69, 9.17) is 23.2 Å². The monoisotopic (exact) mass is 365 g/mol. The van der Waals surface area contributed by atoms with Crippen LogP contribution in [0.25, 0.3) is 0 Å². The first-order chi connectivity index (χ1) is 11.5. The Hall–Kier alpha value is -2.05. The van der Waals surface area contributed by atoms with E-state index in [-0.39, 0.29) is 0 Å². The molecule has 2 aromatic rings. The van der Waals surface area contributed by atoms with Crippen molar-refractivity contribution in [3.05, 3.63) is 40.0 Å². The highest BCUT2D eigenvalue weighted by atomic mass is 35.5. The molecule has 0 saturated carbocycles. The Balaban J connectivity index is 1.81. The first-order valence-electron chi connectivity index (χ1n) is 7.57. The zero-order valence-electron chi connectivity index (χ0n) is 13.2. The van der Waals surface area contributed by atoms with E-state index in [1.807, 2.05) is 13.0 Å². The maximum Gasteiger partial charge on any atom is 0.229 e. The van der Waals surface area contributed by atoms with Gasteiger partial charge in [0.15, 0.2) is 0 Å². The lowest BCUT2D eigenvalue weighted by atomic mass is 10.3. The lowest BCUT2D eigenvalue weighted by molar-refractivity contribution is -0.118. The van der Waals surface area contributed by atoms with Gasteiger partial charge in [0.1, 0.15) is 5.82 Å². The van der Waals surface area contributed by atoms with Crippen LogP contribution in [0.4, 0.5) is 17.5 Å². The zero-order valence-corrected chi connectivity index (χ0v) is 14.7. The third-order valence-corrected chi connectivity index (χ3v) is 4.37. The predicted molar refractivity (Wildman–Crippen MR) is 96.4 cm³/mol. The molecule has 0 bridgehead atoms. The van der Waals surface area contributed by atoms with Gasteiger partial charge in [-0.15, -0.1) is 0 Å². The Morgan fingerprint density at radius 2 is 1.88 bits per heavy atom. The van der Waals surface area contributed by atoms with Crippen molar-refractivity contribution in [2.24, 2.45) is 0 Å². The summed E-state index contributed by atoms with van der Waals surface area (Å²) in [4.78, 5) is 23.7. The summed E-state index contributed by atoms with van der Waals surface area (Å²) in [7, 11) is 0. The average molecular weight is 366 g/mol. The number of aryl methyl sites for hydroxylation is 1. The SMILES string of the molecule is Cc1cc(N2CCN(C=O)CC2)nc(Nc2cc(Cl)ccc2Cl)n1. The van der Waals surface area contributed by atoms with Gasteiger partial charge in [-0.05, 0) is 25.1 Å². The molecule has 8 heteroatoms. The second-order valence-electron chi connectivity index (χ2n) is 5.57. The number of carbonyl (C=O) groups is 1. The molecular formula is C16H17Cl2N5O. The number of hydrogen-bond acceptors (Lipinski definition) is 5. The van der Waals surface area contributed by atoms with E-state index >= 15 is 0 Å². The van der Waals surface area contributed by atoms with Gasteiger partial charge in [0.2, 0.25) is 12.4 Å². The number of piperazine rings is 1. The van der Waals surface area contributed by atoms with Crippen molar-refractivity contribution in [3.63, 3.8) is 0 Å². The van der Waals surface area contributed by atoms with Crippen molar-refractivity contribution in [1.82, 2.24) is 14.9 Å². The molecular weight excluding hydrogens is 349 g/mol. The number of aromatic nitrogens is 2. The van der Waals surface area contributed by atoms with E-state index in [9.17, 15) is 4.79 Å². The molecule has 1 aromatic heterocycles. The number of carbonyl (C=O) groups excluding carboxylic acids is 1. The van der Waals surface area contributed by atoms with Crippen LogP contribution in [0.5, 0.6) is 0 Å². The van der Waals surface area contributed by atoms with Crippen molar-refractivity contribution < 1.29 is 4.79 Å². The van der Waals surface area contributed by atoms with Gasteiger partial charge in [0, 0.05) is 43.0 Å². The number of nitrogens with one attached hydrogen (secondary N) is 1. The van der Waals surface area contributed by atoms with Gasteiger partial charge < -0.3 is 15.1 Å². The highest BCUT2D eigenvalue weighted by molar-refractivity contribution is 6.35. The van der Waals surface area contributed by atoms with Gasteiger partial charge >= 0.3 is 0 Å². The number of halogens is 2. The van der Waals surface area contributed by atoms with Gasteiger partial charge in [-0.3, -0.25) is 4.79 Å². The Kier molecular flexibility index (Phi) is 5.06. The fourth-order valence-corrected chi connectivity index (χ4v) is 2.88. The van der Waals surface area contributed by atoms with Crippen LogP contribution in [0.15, 0.2) is 24.3 Å². The minimum absolute atomic E-state index is 0.465. The van der Waals surface area contributed by atoms with Crippen LogP contribution in [0.1, 0.15) is 5.69 Å². The van der Waals surface area contributed by atoms with Crippen molar-refractivity contribution in [2.45, 2.75) is 6.92 Å². The van der Waals surface area contributed by atoms with Crippen molar-refractivity contribution in [3.8, 4) is 0 Å². The number of benzene rings is 1. The molecule has 1 N–H and O–H groups in total. The molecule has 1 aliphatic rings. The van der Waals surface area contributed by atoms with Crippen LogP contribution in [0, 0.1) is 6.92 Å². The summed E-state index contributed by atoms with van der Waals surface area (Å²) >= 11 is 12.2. The standard InChI is InChI=1S/C16H17Cl2N5O/c1-11-8-15(23-6-4-22(10-24)5-7-23)21-16(19-11)20-14-9-12(17)2-3-13(14)18/h2-3,8-10H,4-7H2,1H3,(H,19,20,21). The van der Waals surface area contributed by atoms with Gasteiger partial charge in [-0.2, -0.15) is 4.98 Å². The van der Waals surface area contributed by atoms with E-state index in [0.717, 1.165) is 31.0 Å². The minimum atomic E-state index is 0.465. The van der Waals surface area contributed by atoms with Gasteiger partial charge in [0.25, 0.3) is 0 Å². The summed E-state index contributed by atoms with van der Waals surface area (Å²) in [6, 6.07) is 7.12. The maximum atomic E-state index is 10.8. The molecule has 0 spiro atoms. The molecule has 1 amide bonds. The molecule has 6 nitrogen and oxygen atoms in total. The molecule has 3 rings (SSSR count). The van der Waals surface area contributed by atoms with E-state index in [1.165, 1.54) is 0 Å². The molecule has 1 aliphatic heterocycles. The average Bonchev–Trinajstić information content (AvgIpc) is 2.58. The Labute approximate surface area is 150 Å². The maximum absolute atomic E-state index is 10.8. The first-order valence-corrected chi connectivity index (χ1v) is 8.33. The van der Waals surface area contributed by atoms with Gasteiger partial charge in [-0.25, -0.2) is 4.98 Å². The zero-order chi connectivity index (χ0) is 17.1. The lowest BCUT2D eigenvalue weighted by Gasteiger charge is -2.33. The molecule has 1 saturated heterocycles. The Bertz CT molecular complexity index is 747. The minimum Gasteiger partial charge on any atom is -0.353 e. The summed E-state index contributed by atoms with van der Waals surface area (Å²) in [5.74, 6) is 1.29. The van der Waals surface area contributed by atoms with Crippen LogP contribution < -0.4 is 10.2 Å². The van der Waals surface area contributed by atoms with E-state index in [2.05, 4.69) is 20.2 Å². The smallest absolute Gasteiger partial charge is 0.229 e. The molecule has 0 atom stereocenters. The highest BCUT2D eigenvalue weighted by Crippen LogP contribution is 2.28. The Morgan fingerprint density at radius 3 is 2.58 bits per heavy atom. The van der Waals surface area contributed by atoms with E-state index < -0.39 is 0 Å². The molecule has 126 valence electrons. The van der Waals surface area contributed by atoms with Crippen LogP contribution in [0.2, 0.25) is 10.0 Å². The Morgan fingerprint density at radius 1 is 1.12 bits per heavy atom. The number of rotatable bonds is 4. The molecule has 24 heavy (non-hydrogen) atoms. The van der Waals surface area contributed by atoms with Gasteiger partial charge in [0.05, 0.1) is 10.7 Å². The van der Waals surface area contributed by atoms with Crippen LogP contribution in [-0.2, 0) is 4.79 Å².